The number of amides is 1. The molecule has 0 saturated heterocycles. The summed E-state index contributed by atoms with van der Waals surface area (Å²) >= 11 is 0. The van der Waals surface area contributed by atoms with E-state index in [-0.39, 0.29) is 18.2 Å². The SMILES string of the molecule is Cc1ccc(C)c(NC(=O)COC(=O)c2cn3ccccc3n2)c1. The minimum Gasteiger partial charge on any atom is -0.451 e. The molecule has 122 valence electrons. The van der Waals surface area contributed by atoms with E-state index in [1.54, 1.807) is 22.9 Å². The number of nitrogens with one attached hydrogen (secondary N) is 1. The van der Waals surface area contributed by atoms with Crippen molar-refractivity contribution in [3.63, 3.8) is 0 Å². The fraction of sp³-hybridized carbons (Fsp3) is 0.167. The molecule has 1 N–H and O–H groups in total. The summed E-state index contributed by atoms with van der Waals surface area (Å²) in [6, 6.07) is 11.2. The highest BCUT2D eigenvalue weighted by Crippen LogP contribution is 2.16. The lowest BCUT2D eigenvalue weighted by atomic mass is 10.1. The molecule has 2 aromatic heterocycles. The predicted octanol–water partition coefficient (Wildman–Crippen LogP) is 2.75. The Morgan fingerprint density at radius 1 is 1.21 bits per heavy atom. The van der Waals surface area contributed by atoms with Gasteiger partial charge in [0.05, 0.1) is 0 Å². The van der Waals surface area contributed by atoms with E-state index in [9.17, 15) is 9.59 Å². The summed E-state index contributed by atoms with van der Waals surface area (Å²) in [6.45, 7) is 3.48. The lowest BCUT2D eigenvalue weighted by Crippen LogP contribution is -2.21. The maximum atomic E-state index is 12.0. The van der Waals surface area contributed by atoms with Crippen LogP contribution in [0.3, 0.4) is 0 Å². The third-order valence-electron chi connectivity index (χ3n) is 3.57. The Morgan fingerprint density at radius 3 is 2.83 bits per heavy atom. The molecule has 0 aliphatic carbocycles. The third-order valence-corrected chi connectivity index (χ3v) is 3.57. The molecule has 6 heteroatoms. The molecule has 0 unspecified atom stereocenters. The molecule has 6 nitrogen and oxygen atoms in total. The molecule has 3 aromatic rings. The van der Waals surface area contributed by atoms with E-state index in [1.807, 2.05) is 44.2 Å². The highest BCUT2D eigenvalue weighted by Gasteiger charge is 2.14. The minimum absolute atomic E-state index is 0.167. The topological polar surface area (TPSA) is 72.7 Å². The van der Waals surface area contributed by atoms with Gasteiger partial charge in [-0.05, 0) is 43.2 Å². The van der Waals surface area contributed by atoms with Crippen LogP contribution in [-0.2, 0) is 9.53 Å². The van der Waals surface area contributed by atoms with Gasteiger partial charge in [0.15, 0.2) is 12.3 Å². The van der Waals surface area contributed by atoms with Crippen LogP contribution in [0.4, 0.5) is 5.69 Å². The average molecular weight is 323 g/mol. The molecule has 3 rings (SSSR count). The quantitative estimate of drug-likeness (QED) is 0.749. The number of benzene rings is 1. The standard InChI is InChI=1S/C18H17N3O3/c1-12-6-7-13(2)14(9-12)20-17(22)11-24-18(23)15-10-21-8-4-3-5-16(21)19-15/h3-10H,11H2,1-2H3,(H,20,22). The Balaban J connectivity index is 1.61. The average Bonchev–Trinajstić information content (AvgIpc) is 3.00. The van der Waals surface area contributed by atoms with Crippen LogP contribution >= 0.6 is 0 Å². The van der Waals surface area contributed by atoms with E-state index in [2.05, 4.69) is 10.3 Å². The Hall–Kier alpha value is -3.15. The smallest absolute Gasteiger partial charge is 0.359 e. The zero-order valence-electron chi connectivity index (χ0n) is 13.4. The van der Waals surface area contributed by atoms with E-state index in [0.29, 0.717) is 11.3 Å². The summed E-state index contributed by atoms with van der Waals surface area (Å²) in [4.78, 5) is 28.1. The second kappa shape index (κ2) is 6.54. The van der Waals surface area contributed by atoms with Crippen molar-refractivity contribution in [1.82, 2.24) is 9.38 Å². The molecule has 1 aromatic carbocycles. The summed E-state index contributed by atoms with van der Waals surface area (Å²) < 4.78 is 6.75. The summed E-state index contributed by atoms with van der Waals surface area (Å²) in [5.74, 6) is -1.02. The van der Waals surface area contributed by atoms with Crippen LogP contribution in [0.5, 0.6) is 0 Å². The normalized spacial score (nSPS) is 10.6. The lowest BCUT2D eigenvalue weighted by Gasteiger charge is -2.09. The maximum Gasteiger partial charge on any atom is 0.359 e. The van der Waals surface area contributed by atoms with Crippen molar-refractivity contribution in [1.29, 1.82) is 0 Å². The number of aryl methyl sites for hydroxylation is 2. The number of rotatable bonds is 4. The second-order valence-corrected chi connectivity index (χ2v) is 5.53. The maximum absolute atomic E-state index is 12.0. The number of pyridine rings is 1. The first-order valence-corrected chi connectivity index (χ1v) is 7.51. The van der Waals surface area contributed by atoms with E-state index >= 15 is 0 Å². The number of fused-ring (bicyclic) bond motifs is 1. The first-order chi connectivity index (χ1) is 11.5. The van der Waals surface area contributed by atoms with Gasteiger partial charge in [-0.1, -0.05) is 18.2 Å². The molecule has 0 aliphatic rings. The molecular weight excluding hydrogens is 306 g/mol. The van der Waals surface area contributed by atoms with Crippen LogP contribution in [0.15, 0.2) is 48.8 Å². The van der Waals surface area contributed by atoms with Gasteiger partial charge in [-0.25, -0.2) is 9.78 Å². The monoisotopic (exact) mass is 323 g/mol. The highest BCUT2D eigenvalue weighted by atomic mass is 16.5. The van der Waals surface area contributed by atoms with Crippen LogP contribution in [0.2, 0.25) is 0 Å². The summed E-state index contributed by atoms with van der Waals surface area (Å²) in [5.41, 5.74) is 3.51. The number of hydrogen-bond donors (Lipinski definition) is 1. The van der Waals surface area contributed by atoms with Gasteiger partial charge in [-0.2, -0.15) is 0 Å². The largest absolute Gasteiger partial charge is 0.451 e. The molecule has 0 atom stereocenters. The molecule has 0 saturated carbocycles. The van der Waals surface area contributed by atoms with Crippen LogP contribution in [-0.4, -0.2) is 27.9 Å². The Bertz CT molecular complexity index is 882. The van der Waals surface area contributed by atoms with Crippen molar-refractivity contribution in [2.45, 2.75) is 13.8 Å². The van der Waals surface area contributed by atoms with E-state index < -0.39 is 5.97 Å². The van der Waals surface area contributed by atoms with Gasteiger partial charge in [0.25, 0.3) is 5.91 Å². The molecule has 0 fully saturated rings. The second-order valence-electron chi connectivity index (χ2n) is 5.53. The molecule has 0 aliphatic heterocycles. The molecule has 0 bridgehead atoms. The number of carbonyl (C=O) groups is 2. The van der Waals surface area contributed by atoms with E-state index in [1.165, 1.54) is 0 Å². The zero-order valence-corrected chi connectivity index (χ0v) is 13.4. The first-order valence-electron chi connectivity index (χ1n) is 7.51. The molecule has 24 heavy (non-hydrogen) atoms. The molecular formula is C18H17N3O3. The van der Waals surface area contributed by atoms with Crippen molar-refractivity contribution in [2.75, 3.05) is 11.9 Å². The minimum atomic E-state index is -0.630. The molecule has 1 amide bonds. The van der Waals surface area contributed by atoms with E-state index in [0.717, 1.165) is 11.1 Å². The lowest BCUT2D eigenvalue weighted by molar-refractivity contribution is -0.119. The number of nitrogens with zero attached hydrogens (tertiary/aromatic N) is 2. The number of carbonyl (C=O) groups excluding carboxylic acids is 2. The van der Waals surface area contributed by atoms with E-state index in [4.69, 9.17) is 4.74 Å². The number of esters is 1. The van der Waals surface area contributed by atoms with Crippen LogP contribution in [0.25, 0.3) is 5.65 Å². The number of anilines is 1. The van der Waals surface area contributed by atoms with Gasteiger partial charge < -0.3 is 14.5 Å². The summed E-state index contributed by atoms with van der Waals surface area (Å²) in [7, 11) is 0. The molecule has 0 radical (unpaired) electrons. The van der Waals surface area contributed by atoms with Crippen molar-refractivity contribution in [2.24, 2.45) is 0 Å². The van der Waals surface area contributed by atoms with Crippen molar-refractivity contribution >= 4 is 23.2 Å². The highest BCUT2D eigenvalue weighted by molar-refractivity contribution is 5.95. The summed E-state index contributed by atoms with van der Waals surface area (Å²) in [6.07, 6.45) is 3.35. The molecule has 2 heterocycles. The fourth-order valence-corrected chi connectivity index (χ4v) is 2.29. The van der Waals surface area contributed by atoms with Gasteiger partial charge >= 0.3 is 5.97 Å². The summed E-state index contributed by atoms with van der Waals surface area (Å²) in [5, 5.41) is 2.74. The van der Waals surface area contributed by atoms with Gasteiger partial charge in [-0.15, -0.1) is 0 Å². The van der Waals surface area contributed by atoms with Gasteiger partial charge in [0, 0.05) is 18.1 Å². The predicted molar refractivity (Wildman–Crippen MR) is 90.0 cm³/mol. The third kappa shape index (κ3) is 3.43. The number of ether oxygens (including phenoxy) is 1. The number of imidazole rings is 1. The number of aromatic nitrogens is 2. The van der Waals surface area contributed by atoms with Crippen molar-refractivity contribution in [3.05, 3.63) is 65.6 Å². The van der Waals surface area contributed by atoms with Crippen LogP contribution < -0.4 is 5.32 Å². The Labute approximate surface area is 139 Å². The van der Waals surface area contributed by atoms with Crippen LogP contribution in [0, 0.1) is 13.8 Å². The Kier molecular flexibility index (Phi) is 4.29. The Morgan fingerprint density at radius 2 is 2.04 bits per heavy atom. The fourth-order valence-electron chi connectivity index (χ4n) is 2.29. The number of hydrogen-bond acceptors (Lipinski definition) is 4. The van der Waals surface area contributed by atoms with Gasteiger partial charge in [-0.3, -0.25) is 4.79 Å². The zero-order chi connectivity index (χ0) is 17.1. The van der Waals surface area contributed by atoms with Crippen LogP contribution in [0.1, 0.15) is 21.6 Å². The van der Waals surface area contributed by atoms with Gasteiger partial charge in [0.1, 0.15) is 5.65 Å². The van der Waals surface area contributed by atoms with Crippen molar-refractivity contribution < 1.29 is 14.3 Å². The van der Waals surface area contributed by atoms with Gasteiger partial charge in [0.2, 0.25) is 0 Å². The first kappa shape index (κ1) is 15.7. The molecule has 0 spiro atoms. The van der Waals surface area contributed by atoms with Crippen molar-refractivity contribution in [3.8, 4) is 0 Å².